The molecular weight excluding hydrogens is 420 g/mol. The monoisotopic (exact) mass is 450 g/mol. The van der Waals surface area contributed by atoms with E-state index >= 15 is 0 Å². The van der Waals surface area contributed by atoms with Gasteiger partial charge in [-0.15, -0.1) is 0 Å². The lowest BCUT2D eigenvalue weighted by Gasteiger charge is -2.23. The highest BCUT2D eigenvalue weighted by Gasteiger charge is 2.24. The number of benzene rings is 2. The summed E-state index contributed by atoms with van der Waals surface area (Å²) in [6.07, 6.45) is 3.42. The number of halogens is 1. The van der Waals surface area contributed by atoms with Gasteiger partial charge in [-0.1, -0.05) is 49.7 Å². The predicted octanol–water partition coefficient (Wildman–Crippen LogP) is 6.28. The second-order valence-electron chi connectivity index (χ2n) is 8.14. The van der Waals surface area contributed by atoms with Crippen molar-refractivity contribution in [2.75, 3.05) is 31.5 Å². The average Bonchev–Trinajstić information content (AvgIpc) is 2.81. The van der Waals surface area contributed by atoms with E-state index in [-0.39, 0.29) is 0 Å². The van der Waals surface area contributed by atoms with Gasteiger partial charge in [-0.25, -0.2) is 9.97 Å². The van der Waals surface area contributed by atoms with E-state index in [1.807, 2.05) is 42.5 Å². The Morgan fingerprint density at radius 2 is 1.75 bits per heavy atom. The molecule has 0 radical (unpaired) electrons. The van der Waals surface area contributed by atoms with Gasteiger partial charge in [0, 0.05) is 28.3 Å². The van der Waals surface area contributed by atoms with Crippen molar-refractivity contribution in [2.45, 2.75) is 39.7 Å². The highest BCUT2D eigenvalue weighted by atomic mass is 35.5. The Labute approximate surface area is 195 Å². The van der Waals surface area contributed by atoms with Gasteiger partial charge in [0.15, 0.2) is 0 Å². The summed E-state index contributed by atoms with van der Waals surface area (Å²) < 4.78 is 6.01. The van der Waals surface area contributed by atoms with Gasteiger partial charge >= 0.3 is 0 Å². The molecule has 2 heterocycles. The van der Waals surface area contributed by atoms with Crippen LogP contribution < -0.4 is 10.1 Å². The van der Waals surface area contributed by atoms with Gasteiger partial charge in [0.05, 0.1) is 11.4 Å². The van der Waals surface area contributed by atoms with E-state index in [4.69, 9.17) is 26.3 Å². The Balaban J connectivity index is 1.60. The molecule has 0 saturated carbocycles. The number of rotatable bonds is 10. The molecule has 1 aliphatic heterocycles. The third-order valence-corrected chi connectivity index (χ3v) is 5.87. The van der Waals surface area contributed by atoms with Gasteiger partial charge in [-0.3, -0.25) is 0 Å². The van der Waals surface area contributed by atoms with Crippen molar-refractivity contribution in [3.8, 4) is 28.3 Å². The van der Waals surface area contributed by atoms with Crippen LogP contribution >= 0.6 is 11.6 Å². The topological polar surface area (TPSA) is 50.3 Å². The molecule has 0 amide bonds. The molecule has 32 heavy (non-hydrogen) atoms. The summed E-state index contributed by atoms with van der Waals surface area (Å²) >= 11 is 6.29. The number of aromatic nitrogens is 2. The summed E-state index contributed by atoms with van der Waals surface area (Å²) in [6.45, 7) is 9.13. The molecule has 3 aromatic rings. The summed E-state index contributed by atoms with van der Waals surface area (Å²) in [7, 11) is 0. The molecule has 2 aromatic carbocycles. The number of anilines is 1. The first kappa shape index (κ1) is 22.6. The van der Waals surface area contributed by atoms with Crippen LogP contribution in [0, 0.1) is 0 Å². The van der Waals surface area contributed by atoms with E-state index in [2.05, 4.69) is 30.1 Å². The fourth-order valence-electron chi connectivity index (χ4n) is 4.21. The van der Waals surface area contributed by atoms with Crippen LogP contribution in [0.5, 0.6) is 5.75 Å². The van der Waals surface area contributed by atoms with Crippen LogP contribution in [0.1, 0.15) is 38.7 Å². The van der Waals surface area contributed by atoms with Gasteiger partial charge in [0.1, 0.15) is 12.4 Å². The summed E-state index contributed by atoms with van der Waals surface area (Å²) in [5.74, 6) is 1.50. The fourth-order valence-corrected chi connectivity index (χ4v) is 4.40. The summed E-state index contributed by atoms with van der Waals surface area (Å²) in [5, 5.41) is 4.16. The van der Waals surface area contributed by atoms with E-state index in [9.17, 15) is 0 Å². The van der Waals surface area contributed by atoms with Crippen LogP contribution in [-0.2, 0) is 6.61 Å². The van der Waals surface area contributed by atoms with E-state index < -0.39 is 0 Å². The summed E-state index contributed by atoms with van der Waals surface area (Å²) in [4.78, 5) is 12.3. The summed E-state index contributed by atoms with van der Waals surface area (Å²) in [6, 6.07) is 15.9. The number of hydrogen-bond acceptors (Lipinski definition) is 5. The van der Waals surface area contributed by atoms with Crippen molar-refractivity contribution in [3.63, 3.8) is 0 Å². The molecule has 1 aromatic heterocycles. The van der Waals surface area contributed by atoms with Gasteiger partial charge in [-0.05, 0) is 63.2 Å². The van der Waals surface area contributed by atoms with Gasteiger partial charge < -0.3 is 15.0 Å². The minimum absolute atomic E-state index is 0.442. The number of nitrogens with one attached hydrogen (secondary N) is 1. The quantitative estimate of drug-likeness (QED) is 0.368. The molecule has 0 fully saturated rings. The zero-order chi connectivity index (χ0) is 22.3. The number of hydrogen-bond donors (Lipinski definition) is 1. The Kier molecular flexibility index (Phi) is 7.61. The lowest BCUT2D eigenvalue weighted by Crippen LogP contribution is -2.28. The fraction of sp³-hybridized carbons (Fsp3) is 0.385. The zero-order valence-electron chi connectivity index (χ0n) is 18.9. The van der Waals surface area contributed by atoms with Crippen molar-refractivity contribution in [1.29, 1.82) is 0 Å². The van der Waals surface area contributed by atoms with Crippen LogP contribution in [0.4, 0.5) is 5.95 Å². The summed E-state index contributed by atoms with van der Waals surface area (Å²) in [5.41, 5.74) is 4.76. The van der Waals surface area contributed by atoms with Crippen molar-refractivity contribution in [3.05, 3.63) is 59.1 Å². The van der Waals surface area contributed by atoms with E-state index in [1.165, 1.54) is 12.8 Å². The number of ether oxygens (including phenoxy) is 1. The van der Waals surface area contributed by atoms with E-state index in [0.717, 1.165) is 66.4 Å². The lowest BCUT2D eigenvalue weighted by atomic mass is 9.98. The zero-order valence-corrected chi connectivity index (χ0v) is 19.7. The molecule has 0 bridgehead atoms. The normalized spacial score (nSPS) is 12.2. The van der Waals surface area contributed by atoms with E-state index in [1.54, 1.807) is 0 Å². The smallest absolute Gasteiger partial charge is 0.223 e. The third kappa shape index (κ3) is 5.22. The van der Waals surface area contributed by atoms with Crippen molar-refractivity contribution in [2.24, 2.45) is 0 Å². The molecule has 0 unspecified atom stereocenters. The highest BCUT2D eigenvalue weighted by molar-refractivity contribution is 6.30. The first-order valence-corrected chi connectivity index (χ1v) is 11.9. The molecule has 0 aliphatic carbocycles. The highest BCUT2D eigenvalue weighted by Crippen LogP contribution is 2.40. The molecule has 1 N–H and O–H groups in total. The first-order chi connectivity index (χ1) is 15.7. The number of nitrogens with zero attached hydrogens (tertiary/aromatic N) is 3. The molecule has 0 spiro atoms. The SMILES string of the molecule is CCCN(CCC)CCCNc1nc(-c2cccc(Cl)c2)c2c(n1)-c1ccccc1OC2. The van der Waals surface area contributed by atoms with Crippen LogP contribution in [0.2, 0.25) is 5.02 Å². The molecule has 168 valence electrons. The Hall–Kier alpha value is -2.63. The molecule has 1 aliphatic rings. The average molecular weight is 451 g/mol. The maximum Gasteiger partial charge on any atom is 0.223 e. The first-order valence-electron chi connectivity index (χ1n) is 11.5. The third-order valence-electron chi connectivity index (χ3n) is 5.63. The van der Waals surface area contributed by atoms with Crippen LogP contribution in [0.25, 0.3) is 22.5 Å². The Bertz CT molecular complexity index is 1050. The largest absolute Gasteiger partial charge is 0.488 e. The molecular formula is C26H31ClN4O. The van der Waals surface area contributed by atoms with Crippen LogP contribution in [0.15, 0.2) is 48.5 Å². The van der Waals surface area contributed by atoms with Crippen LogP contribution in [-0.4, -0.2) is 41.0 Å². The maximum absolute atomic E-state index is 6.29. The second kappa shape index (κ2) is 10.8. The molecule has 4 rings (SSSR count). The van der Waals surface area contributed by atoms with Gasteiger partial charge in [0.25, 0.3) is 0 Å². The van der Waals surface area contributed by atoms with Crippen LogP contribution in [0.3, 0.4) is 0 Å². The lowest BCUT2D eigenvalue weighted by molar-refractivity contribution is 0.274. The van der Waals surface area contributed by atoms with Gasteiger partial charge in [-0.2, -0.15) is 0 Å². The Morgan fingerprint density at radius 3 is 2.53 bits per heavy atom. The molecule has 5 nitrogen and oxygen atoms in total. The predicted molar refractivity (Wildman–Crippen MR) is 132 cm³/mol. The molecule has 0 saturated heterocycles. The molecule has 6 heteroatoms. The molecule has 0 atom stereocenters. The number of para-hydroxylation sites is 1. The maximum atomic E-state index is 6.29. The van der Waals surface area contributed by atoms with Crippen molar-refractivity contribution >= 4 is 17.5 Å². The Morgan fingerprint density at radius 1 is 0.969 bits per heavy atom. The van der Waals surface area contributed by atoms with Crippen molar-refractivity contribution < 1.29 is 4.74 Å². The minimum Gasteiger partial charge on any atom is -0.488 e. The van der Waals surface area contributed by atoms with Gasteiger partial charge in [0.2, 0.25) is 5.95 Å². The minimum atomic E-state index is 0.442. The van der Waals surface area contributed by atoms with Crippen molar-refractivity contribution in [1.82, 2.24) is 14.9 Å². The van der Waals surface area contributed by atoms with E-state index in [0.29, 0.717) is 17.6 Å². The number of fused-ring (bicyclic) bond motifs is 3. The standard InChI is InChI=1S/C26H31ClN4O/c1-3-14-31(15-4-2)16-8-13-28-26-29-24(19-9-7-10-20(27)17-19)22-18-32-23-12-6-5-11-21(23)25(22)30-26/h5-7,9-12,17H,3-4,8,13-16,18H2,1-2H3,(H,28,29,30). The second-order valence-corrected chi connectivity index (χ2v) is 8.58.